The minimum Gasteiger partial charge on any atom is -0.493 e. The number of carbonyl (C=O) groups is 3. The van der Waals surface area contributed by atoms with Crippen LogP contribution < -0.4 is 19.7 Å². The second-order valence-corrected chi connectivity index (χ2v) is 8.87. The van der Waals surface area contributed by atoms with E-state index < -0.39 is 29.1 Å². The van der Waals surface area contributed by atoms with Gasteiger partial charge in [-0.25, -0.2) is 9.29 Å². The summed E-state index contributed by atoms with van der Waals surface area (Å²) in [6, 6.07) is 8.69. The minimum atomic E-state index is -1.40. The molecule has 0 saturated carbocycles. The van der Waals surface area contributed by atoms with Gasteiger partial charge in [0.05, 0.1) is 31.7 Å². The minimum absolute atomic E-state index is 0.267. The lowest BCUT2D eigenvalue weighted by Crippen LogP contribution is -2.54. The van der Waals surface area contributed by atoms with Crippen molar-refractivity contribution in [2.24, 2.45) is 11.8 Å². The number of rotatable bonds is 3. The Hall–Kier alpha value is -3.46. The van der Waals surface area contributed by atoms with Crippen molar-refractivity contribution >= 4 is 29.1 Å². The molecule has 4 heterocycles. The molecule has 3 amide bonds. The highest BCUT2D eigenvalue weighted by Gasteiger charge is 2.74. The van der Waals surface area contributed by atoms with Gasteiger partial charge < -0.3 is 14.8 Å². The summed E-state index contributed by atoms with van der Waals surface area (Å²) in [7, 11) is 2.98. The Morgan fingerprint density at radius 3 is 2.58 bits per heavy atom. The highest BCUT2D eigenvalue weighted by Crippen LogP contribution is 2.60. The number of nitrogens with zero attached hydrogens (tertiary/aromatic N) is 2. The van der Waals surface area contributed by atoms with Crippen LogP contribution >= 0.6 is 0 Å². The van der Waals surface area contributed by atoms with Gasteiger partial charge >= 0.3 is 0 Å². The second-order valence-electron chi connectivity index (χ2n) is 8.87. The number of benzene rings is 2. The highest BCUT2D eigenvalue weighted by atomic mass is 19.1. The molecule has 4 aliphatic rings. The molecule has 1 N–H and O–H groups in total. The summed E-state index contributed by atoms with van der Waals surface area (Å²) in [6.45, 7) is 0.567. The van der Waals surface area contributed by atoms with Gasteiger partial charge in [0.1, 0.15) is 11.4 Å². The van der Waals surface area contributed by atoms with Crippen molar-refractivity contribution in [3.8, 4) is 11.5 Å². The molecule has 4 atom stereocenters. The molecular formula is C24H22FN3O5. The van der Waals surface area contributed by atoms with Crippen molar-refractivity contribution in [2.75, 3.05) is 31.0 Å². The summed E-state index contributed by atoms with van der Waals surface area (Å²) < 4.78 is 25.0. The first kappa shape index (κ1) is 20.2. The van der Waals surface area contributed by atoms with Gasteiger partial charge in [0.2, 0.25) is 17.7 Å². The monoisotopic (exact) mass is 451 g/mol. The fourth-order valence-corrected chi connectivity index (χ4v) is 6.39. The predicted octanol–water partition coefficient (Wildman–Crippen LogP) is 2.27. The van der Waals surface area contributed by atoms with E-state index in [9.17, 15) is 18.8 Å². The third kappa shape index (κ3) is 2.35. The Bertz CT molecular complexity index is 1230. The first-order chi connectivity index (χ1) is 15.9. The van der Waals surface area contributed by atoms with Crippen LogP contribution in [0.2, 0.25) is 0 Å². The van der Waals surface area contributed by atoms with Crippen molar-refractivity contribution in [1.82, 2.24) is 4.90 Å². The van der Waals surface area contributed by atoms with Gasteiger partial charge in [0.25, 0.3) is 0 Å². The van der Waals surface area contributed by atoms with Crippen molar-refractivity contribution in [1.29, 1.82) is 0 Å². The predicted molar refractivity (Wildman–Crippen MR) is 115 cm³/mol. The maximum atomic E-state index is 14.3. The fourth-order valence-electron chi connectivity index (χ4n) is 6.39. The Kier molecular flexibility index (Phi) is 4.14. The second kappa shape index (κ2) is 6.77. The SMILES string of the molecule is COc1ccc(N2C(=O)[C@H]3[C@@H](C2=O)[C@@]2(C(=O)Nc4ccc(F)cc42)N2CCC[C@@H]32)cc1OC. The zero-order valence-corrected chi connectivity index (χ0v) is 18.1. The van der Waals surface area contributed by atoms with Crippen LogP contribution in [-0.2, 0) is 19.9 Å². The number of nitrogens with one attached hydrogen (secondary N) is 1. The van der Waals surface area contributed by atoms with E-state index in [1.54, 1.807) is 18.2 Å². The van der Waals surface area contributed by atoms with Gasteiger partial charge in [-0.2, -0.15) is 0 Å². The Balaban J connectivity index is 1.52. The summed E-state index contributed by atoms with van der Waals surface area (Å²) in [5.74, 6) is -2.44. The molecule has 33 heavy (non-hydrogen) atoms. The van der Waals surface area contributed by atoms with Gasteiger partial charge in [-0.3, -0.25) is 19.3 Å². The number of fused-ring (bicyclic) bond motifs is 7. The van der Waals surface area contributed by atoms with E-state index in [2.05, 4.69) is 5.32 Å². The van der Waals surface area contributed by atoms with E-state index in [1.807, 2.05) is 4.90 Å². The molecule has 9 heteroatoms. The number of halogens is 1. The van der Waals surface area contributed by atoms with E-state index >= 15 is 0 Å². The first-order valence-electron chi connectivity index (χ1n) is 10.9. The van der Waals surface area contributed by atoms with E-state index in [-0.39, 0.29) is 17.9 Å². The van der Waals surface area contributed by atoms with Gasteiger partial charge in [-0.05, 0) is 49.7 Å². The highest BCUT2D eigenvalue weighted by molar-refractivity contribution is 6.26. The van der Waals surface area contributed by atoms with E-state index in [1.165, 1.54) is 32.4 Å². The number of ether oxygens (including phenoxy) is 2. The molecule has 170 valence electrons. The van der Waals surface area contributed by atoms with E-state index in [4.69, 9.17) is 9.47 Å². The zero-order valence-electron chi connectivity index (χ0n) is 18.1. The summed E-state index contributed by atoms with van der Waals surface area (Å²) in [4.78, 5) is 44.3. The van der Waals surface area contributed by atoms with Gasteiger partial charge in [0.15, 0.2) is 11.5 Å². The molecule has 3 fully saturated rings. The first-order valence-corrected chi connectivity index (χ1v) is 10.9. The fraction of sp³-hybridized carbons (Fsp3) is 0.375. The molecule has 2 aromatic carbocycles. The lowest BCUT2D eigenvalue weighted by atomic mass is 9.75. The van der Waals surface area contributed by atoms with Crippen molar-refractivity contribution in [2.45, 2.75) is 24.4 Å². The molecule has 0 radical (unpaired) electrons. The Morgan fingerprint density at radius 2 is 1.82 bits per heavy atom. The van der Waals surface area contributed by atoms with Crippen molar-refractivity contribution in [3.63, 3.8) is 0 Å². The van der Waals surface area contributed by atoms with Crippen LogP contribution in [0.1, 0.15) is 18.4 Å². The lowest BCUT2D eigenvalue weighted by molar-refractivity contribution is -0.135. The van der Waals surface area contributed by atoms with Crippen LogP contribution in [0.15, 0.2) is 36.4 Å². The van der Waals surface area contributed by atoms with Crippen molar-refractivity contribution in [3.05, 3.63) is 47.8 Å². The summed E-state index contributed by atoms with van der Waals surface area (Å²) >= 11 is 0. The maximum Gasteiger partial charge on any atom is 0.250 e. The molecule has 6 rings (SSSR count). The average molecular weight is 451 g/mol. The van der Waals surface area contributed by atoms with Crippen LogP contribution in [-0.4, -0.2) is 49.4 Å². The topological polar surface area (TPSA) is 88.2 Å². The normalized spacial score (nSPS) is 30.0. The Labute approximate surface area is 189 Å². The third-order valence-electron chi connectivity index (χ3n) is 7.58. The third-order valence-corrected chi connectivity index (χ3v) is 7.58. The largest absolute Gasteiger partial charge is 0.493 e. The number of hydrogen-bond donors (Lipinski definition) is 1. The van der Waals surface area contributed by atoms with E-state index in [0.717, 1.165) is 11.3 Å². The van der Waals surface area contributed by atoms with E-state index in [0.29, 0.717) is 41.4 Å². The number of methoxy groups -OCH3 is 2. The molecule has 0 aromatic heterocycles. The zero-order chi connectivity index (χ0) is 23.1. The van der Waals surface area contributed by atoms with Gasteiger partial charge in [0, 0.05) is 23.4 Å². The molecule has 3 saturated heterocycles. The lowest BCUT2D eigenvalue weighted by Gasteiger charge is -2.36. The van der Waals surface area contributed by atoms with Crippen LogP contribution in [0.3, 0.4) is 0 Å². The molecule has 1 spiro atoms. The number of imide groups is 1. The molecule has 4 aliphatic heterocycles. The number of anilines is 2. The molecule has 2 aromatic rings. The van der Waals surface area contributed by atoms with Gasteiger partial charge in [-0.15, -0.1) is 0 Å². The molecule has 0 unspecified atom stereocenters. The number of hydrogen-bond acceptors (Lipinski definition) is 6. The van der Waals surface area contributed by atoms with Crippen LogP contribution in [0, 0.1) is 17.7 Å². The smallest absolute Gasteiger partial charge is 0.250 e. The molecular weight excluding hydrogens is 429 g/mol. The Morgan fingerprint density at radius 1 is 1.03 bits per heavy atom. The quantitative estimate of drug-likeness (QED) is 0.721. The van der Waals surface area contributed by atoms with Crippen molar-refractivity contribution < 1.29 is 28.2 Å². The molecule has 8 nitrogen and oxygen atoms in total. The summed E-state index contributed by atoms with van der Waals surface area (Å²) in [5, 5.41) is 2.84. The van der Waals surface area contributed by atoms with Crippen LogP contribution in [0.5, 0.6) is 11.5 Å². The average Bonchev–Trinajstić information content (AvgIpc) is 3.52. The molecule has 0 bridgehead atoms. The summed E-state index contributed by atoms with van der Waals surface area (Å²) in [5.41, 5.74) is -0.129. The summed E-state index contributed by atoms with van der Waals surface area (Å²) in [6.07, 6.45) is 1.49. The number of carbonyl (C=O) groups excluding carboxylic acids is 3. The van der Waals surface area contributed by atoms with Gasteiger partial charge in [-0.1, -0.05) is 0 Å². The number of amides is 3. The van der Waals surface area contributed by atoms with Crippen LogP contribution in [0.25, 0.3) is 0 Å². The van der Waals surface area contributed by atoms with Crippen LogP contribution in [0.4, 0.5) is 15.8 Å². The standard InChI is InChI=1S/C24H22FN3O5/c1-32-17-8-6-13(11-18(17)33-2)28-21(29)19-16-4-3-9-27(16)24(20(19)22(28)30)14-10-12(25)5-7-15(14)26-23(24)31/h5-8,10-11,16,19-20H,3-4,9H2,1-2H3,(H,26,31)/t16-,19+,20-,24-/m0/s1. The molecule has 0 aliphatic carbocycles. The maximum absolute atomic E-state index is 14.3.